The van der Waals surface area contributed by atoms with E-state index in [2.05, 4.69) is 15.9 Å². The summed E-state index contributed by atoms with van der Waals surface area (Å²) in [6.45, 7) is 7.94. The van der Waals surface area contributed by atoms with Crippen molar-refractivity contribution in [3.05, 3.63) is 0 Å². The van der Waals surface area contributed by atoms with Crippen LogP contribution in [0.2, 0.25) is 0 Å². The SMILES string of the molecule is CC(C)(C)OC(=O)N1CCCC(CBr)(OCC2CCCCC2)C1. The average Bonchev–Trinajstić information content (AvgIpc) is 2.53. The molecule has 0 spiro atoms. The molecule has 1 aliphatic carbocycles. The van der Waals surface area contributed by atoms with E-state index >= 15 is 0 Å². The lowest BCUT2D eigenvalue weighted by Crippen LogP contribution is -2.54. The van der Waals surface area contributed by atoms with Crippen molar-refractivity contribution in [3.8, 4) is 0 Å². The summed E-state index contributed by atoms with van der Waals surface area (Å²) in [6, 6.07) is 0. The van der Waals surface area contributed by atoms with Gasteiger partial charge in [-0.3, -0.25) is 0 Å². The minimum Gasteiger partial charge on any atom is -0.444 e. The summed E-state index contributed by atoms with van der Waals surface area (Å²) in [6.07, 6.45) is 8.36. The number of likely N-dealkylation sites (tertiary alicyclic amines) is 1. The Hall–Kier alpha value is -0.290. The monoisotopic (exact) mass is 389 g/mol. The summed E-state index contributed by atoms with van der Waals surface area (Å²) in [5.41, 5.74) is -0.707. The summed E-state index contributed by atoms with van der Waals surface area (Å²) in [5.74, 6) is 0.691. The van der Waals surface area contributed by atoms with Crippen LogP contribution in [-0.4, -0.2) is 47.2 Å². The summed E-state index contributed by atoms with van der Waals surface area (Å²) in [7, 11) is 0. The van der Waals surface area contributed by atoms with E-state index in [9.17, 15) is 4.79 Å². The molecule has 1 atom stereocenters. The van der Waals surface area contributed by atoms with Gasteiger partial charge in [-0.1, -0.05) is 35.2 Å². The van der Waals surface area contributed by atoms with Crippen LogP contribution in [0.1, 0.15) is 65.7 Å². The first kappa shape index (κ1) is 19.0. The second kappa shape index (κ2) is 8.19. The Morgan fingerprint density at radius 3 is 2.52 bits per heavy atom. The lowest BCUT2D eigenvalue weighted by molar-refractivity contribution is -0.0891. The normalized spacial score (nSPS) is 27.0. The first-order chi connectivity index (χ1) is 10.8. The Bertz CT molecular complexity index is 390. The molecular formula is C18H32BrNO3. The number of amides is 1. The lowest BCUT2D eigenvalue weighted by Gasteiger charge is -2.42. The van der Waals surface area contributed by atoms with Crippen molar-refractivity contribution >= 4 is 22.0 Å². The molecule has 0 aromatic carbocycles. The first-order valence-corrected chi connectivity index (χ1v) is 10.1. The van der Waals surface area contributed by atoms with Gasteiger partial charge in [-0.2, -0.15) is 0 Å². The van der Waals surface area contributed by atoms with Gasteiger partial charge in [0.25, 0.3) is 0 Å². The van der Waals surface area contributed by atoms with Crippen molar-refractivity contribution in [2.24, 2.45) is 5.92 Å². The average molecular weight is 390 g/mol. The third-order valence-electron chi connectivity index (χ3n) is 4.78. The molecule has 23 heavy (non-hydrogen) atoms. The molecule has 2 aliphatic rings. The number of halogens is 1. The molecule has 0 bridgehead atoms. The molecule has 1 saturated heterocycles. The highest BCUT2D eigenvalue weighted by molar-refractivity contribution is 9.09. The van der Waals surface area contributed by atoms with Gasteiger partial charge in [0.15, 0.2) is 0 Å². The molecule has 2 fully saturated rings. The first-order valence-electron chi connectivity index (χ1n) is 9.01. The number of hydrogen-bond donors (Lipinski definition) is 0. The van der Waals surface area contributed by atoms with Crippen LogP contribution in [0, 0.1) is 5.92 Å². The van der Waals surface area contributed by atoms with Crippen molar-refractivity contribution < 1.29 is 14.3 Å². The van der Waals surface area contributed by atoms with Gasteiger partial charge in [0.1, 0.15) is 5.60 Å². The zero-order valence-electron chi connectivity index (χ0n) is 14.9. The molecule has 1 aliphatic heterocycles. The molecule has 0 N–H and O–H groups in total. The zero-order chi connectivity index (χ0) is 16.9. The molecule has 5 heteroatoms. The third kappa shape index (κ3) is 5.93. The van der Waals surface area contributed by atoms with Crippen LogP contribution < -0.4 is 0 Å². The molecule has 0 aromatic heterocycles. The predicted octanol–water partition coefficient (Wildman–Crippen LogP) is 4.75. The molecule has 134 valence electrons. The van der Waals surface area contributed by atoms with Gasteiger partial charge in [-0.15, -0.1) is 0 Å². The number of piperidine rings is 1. The number of nitrogens with zero attached hydrogens (tertiary/aromatic N) is 1. The number of alkyl halides is 1. The fourth-order valence-corrected chi connectivity index (χ4v) is 4.11. The van der Waals surface area contributed by atoms with Crippen molar-refractivity contribution in [1.82, 2.24) is 4.90 Å². The Morgan fingerprint density at radius 1 is 1.22 bits per heavy atom. The lowest BCUT2D eigenvalue weighted by atomic mass is 9.89. The highest BCUT2D eigenvalue weighted by Crippen LogP contribution is 2.31. The zero-order valence-corrected chi connectivity index (χ0v) is 16.5. The quantitative estimate of drug-likeness (QED) is 0.651. The van der Waals surface area contributed by atoms with E-state index in [1.54, 1.807) is 0 Å². The van der Waals surface area contributed by atoms with E-state index < -0.39 is 5.60 Å². The minimum absolute atomic E-state index is 0.219. The van der Waals surface area contributed by atoms with E-state index in [-0.39, 0.29) is 11.7 Å². The van der Waals surface area contributed by atoms with Crippen LogP contribution in [-0.2, 0) is 9.47 Å². The van der Waals surface area contributed by atoms with Crippen LogP contribution >= 0.6 is 15.9 Å². The van der Waals surface area contributed by atoms with Crippen LogP contribution in [0.5, 0.6) is 0 Å². The molecule has 0 aromatic rings. The number of ether oxygens (including phenoxy) is 2. The Kier molecular flexibility index (Phi) is 6.78. The van der Waals surface area contributed by atoms with E-state index in [1.807, 2.05) is 25.7 Å². The maximum absolute atomic E-state index is 12.4. The van der Waals surface area contributed by atoms with Gasteiger partial charge in [0.2, 0.25) is 0 Å². The molecule has 1 heterocycles. The molecule has 2 rings (SSSR count). The van der Waals surface area contributed by atoms with Crippen LogP contribution in [0.25, 0.3) is 0 Å². The van der Waals surface area contributed by atoms with Crippen LogP contribution in [0.15, 0.2) is 0 Å². The largest absolute Gasteiger partial charge is 0.444 e. The maximum atomic E-state index is 12.4. The molecule has 1 amide bonds. The van der Waals surface area contributed by atoms with Crippen LogP contribution in [0.3, 0.4) is 0 Å². The second-order valence-corrected chi connectivity index (χ2v) is 8.70. The van der Waals surface area contributed by atoms with Gasteiger partial charge in [0, 0.05) is 11.9 Å². The predicted molar refractivity (Wildman–Crippen MR) is 96.1 cm³/mol. The van der Waals surface area contributed by atoms with E-state index in [1.165, 1.54) is 32.1 Å². The topological polar surface area (TPSA) is 38.8 Å². The highest BCUT2D eigenvalue weighted by atomic mass is 79.9. The number of hydrogen-bond acceptors (Lipinski definition) is 3. The molecule has 1 unspecified atom stereocenters. The smallest absolute Gasteiger partial charge is 0.410 e. The van der Waals surface area contributed by atoms with E-state index in [0.717, 1.165) is 31.3 Å². The molecule has 4 nitrogen and oxygen atoms in total. The van der Waals surface area contributed by atoms with Gasteiger partial charge in [0.05, 0.1) is 18.8 Å². The summed E-state index contributed by atoms with van der Waals surface area (Å²) < 4.78 is 11.9. The molecule has 0 radical (unpaired) electrons. The minimum atomic E-state index is -0.450. The standard InChI is InChI=1S/C18H32BrNO3/c1-17(2,3)23-16(21)20-11-7-10-18(13-19,14-20)22-12-15-8-5-4-6-9-15/h15H,4-14H2,1-3H3. The van der Waals surface area contributed by atoms with Crippen molar-refractivity contribution in [2.75, 3.05) is 25.0 Å². The fourth-order valence-electron chi connectivity index (χ4n) is 3.49. The third-order valence-corrected chi connectivity index (χ3v) is 5.81. The number of rotatable bonds is 4. The van der Waals surface area contributed by atoms with Crippen molar-refractivity contribution in [2.45, 2.75) is 76.9 Å². The summed E-state index contributed by atoms with van der Waals surface area (Å²) in [4.78, 5) is 14.2. The Balaban J connectivity index is 1.90. The Morgan fingerprint density at radius 2 is 1.91 bits per heavy atom. The van der Waals surface area contributed by atoms with Gasteiger partial charge in [-0.25, -0.2) is 4.79 Å². The van der Waals surface area contributed by atoms with Crippen molar-refractivity contribution in [1.29, 1.82) is 0 Å². The fraction of sp³-hybridized carbons (Fsp3) is 0.944. The maximum Gasteiger partial charge on any atom is 0.410 e. The second-order valence-electron chi connectivity index (χ2n) is 8.14. The van der Waals surface area contributed by atoms with E-state index in [4.69, 9.17) is 9.47 Å². The van der Waals surface area contributed by atoms with Crippen molar-refractivity contribution in [3.63, 3.8) is 0 Å². The van der Waals surface area contributed by atoms with Gasteiger partial charge < -0.3 is 14.4 Å². The van der Waals surface area contributed by atoms with Crippen LogP contribution in [0.4, 0.5) is 4.79 Å². The van der Waals surface area contributed by atoms with E-state index in [0.29, 0.717) is 12.5 Å². The Labute approximate surface area is 149 Å². The summed E-state index contributed by atoms with van der Waals surface area (Å²) in [5, 5.41) is 0.770. The summed E-state index contributed by atoms with van der Waals surface area (Å²) >= 11 is 3.63. The van der Waals surface area contributed by atoms with Gasteiger partial charge in [-0.05, 0) is 52.4 Å². The molecule has 1 saturated carbocycles. The highest BCUT2D eigenvalue weighted by Gasteiger charge is 2.39. The number of carbonyl (C=O) groups excluding carboxylic acids is 1. The molecular weight excluding hydrogens is 358 g/mol. The van der Waals surface area contributed by atoms with Gasteiger partial charge >= 0.3 is 6.09 Å². The number of carbonyl (C=O) groups is 1.